The van der Waals surface area contributed by atoms with E-state index in [1.807, 2.05) is 6.07 Å². The molecule has 0 saturated heterocycles. The first-order chi connectivity index (χ1) is 32.7. The van der Waals surface area contributed by atoms with E-state index in [2.05, 4.69) is 199 Å². The zero-order chi connectivity index (χ0) is 43.3. The Bertz CT molecular complexity index is 3370. The second-order valence-electron chi connectivity index (χ2n) is 20.0. The van der Waals surface area contributed by atoms with E-state index in [1.165, 1.54) is 87.7 Å². The molecule has 0 unspecified atom stereocenters. The maximum absolute atomic E-state index is 6.60. The van der Waals surface area contributed by atoms with E-state index < -0.39 is 0 Å². The molecule has 4 bridgehead atoms. The fraction of sp³-hybridized carbons (Fsp3) is 0.188. The predicted molar refractivity (Wildman–Crippen MR) is 274 cm³/mol. The van der Waals surface area contributed by atoms with Crippen molar-refractivity contribution < 1.29 is 4.42 Å². The quantitative estimate of drug-likeness (QED) is 0.159. The van der Waals surface area contributed by atoms with Crippen LogP contribution in [0, 0.1) is 23.7 Å². The molecule has 8 aromatic carbocycles. The van der Waals surface area contributed by atoms with Crippen LogP contribution in [0.3, 0.4) is 0 Å². The van der Waals surface area contributed by atoms with Gasteiger partial charge in [0.25, 0.3) is 0 Å². The third-order valence-corrected chi connectivity index (χ3v) is 16.6. The second kappa shape index (κ2) is 14.9. The van der Waals surface area contributed by atoms with Crippen molar-refractivity contribution in [2.75, 3.05) is 4.90 Å². The van der Waals surface area contributed by atoms with Crippen LogP contribution in [-0.4, -0.2) is 0 Å². The summed E-state index contributed by atoms with van der Waals surface area (Å²) in [7, 11) is 0. The van der Waals surface area contributed by atoms with Crippen molar-refractivity contribution in [1.82, 2.24) is 0 Å². The van der Waals surface area contributed by atoms with E-state index in [-0.39, 0.29) is 5.41 Å². The highest BCUT2D eigenvalue weighted by Crippen LogP contribution is 2.69. The highest BCUT2D eigenvalue weighted by atomic mass is 16.3. The SMILES string of the molecule is C1=CCCC(c2ccc(N(c3ccc(-c4ccc(-c5ccc(-c6ccc7c(c6)-c6ccccc6C76C7CC8CC(C7)CC6C8)cc5)cc4)cc3)c3cccc4c3oc3ccccc34)cc2)=C1. The first-order valence-electron chi connectivity index (χ1n) is 24.4. The van der Waals surface area contributed by atoms with Crippen molar-refractivity contribution in [2.45, 2.75) is 50.4 Å². The summed E-state index contributed by atoms with van der Waals surface area (Å²) in [5.41, 5.74) is 21.5. The largest absolute Gasteiger partial charge is 0.454 e. The minimum absolute atomic E-state index is 0.221. The topological polar surface area (TPSA) is 16.4 Å². The number of nitrogens with zero attached hydrogens (tertiary/aromatic N) is 1. The molecule has 4 fully saturated rings. The summed E-state index contributed by atoms with van der Waals surface area (Å²) >= 11 is 0. The fourth-order valence-electron chi connectivity index (χ4n) is 13.9. The number of hydrogen-bond donors (Lipinski definition) is 0. The number of rotatable bonds is 7. The van der Waals surface area contributed by atoms with Gasteiger partial charge in [0.05, 0.1) is 5.69 Å². The number of hydrogen-bond acceptors (Lipinski definition) is 2. The zero-order valence-corrected chi connectivity index (χ0v) is 37.2. The minimum atomic E-state index is 0.221. The van der Waals surface area contributed by atoms with Gasteiger partial charge in [0.1, 0.15) is 5.58 Å². The van der Waals surface area contributed by atoms with Gasteiger partial charge >= 0.3 is 0 Å². The Labute approximate surface area is 387 Å². The molecule has 4 saturated carbocycles. The summed E-state index contributed by atoms with van der Waals surface area (Å²) in [4.78, 5) is 2.33. The summed E-state index contributed by atoms with van der Waals surface area (Å²) < 4.78 is 6.60. The van der Waals surface area contributed by atoms with Crippen LogP contribution in [0.25, 0.3) is 72.0 Å². The summed E-state index contributed by atoms with van der Waals surface area (Å²) in [5.74, 6) is 3.51. The molecule has 66 heavy (non-hydrogen) atoms. The third kappa shape index (κ3) is 5.86. The van der Waals surface area contributed by atoms with Gasteiger partial charge in [-0.3, -0.25) is 0 Å². The molecule has 1 aromatic heterocycles. The molecule has 2 heteroatoms. The number of allylic oxidation sites excluding steroid dienone is 4. The number of benzene rings is 8. The van der Waals surface area contributed by atoms with Crippen LogP contribution in [0.5, 0.6) is 0 Å². The Morgan fingerprint density at radius 1 is 0.455 bits per heavy atom. The first-order valence-corrected chi connectivity index (χ1v) is 24.4. The highest BCUT2D eigenvalue weighted by Gasteiger charge is 2.61. The maximum atomic E-state index is 6.60. The Kier molecular flexibility index (Phi) is 8.63. The van der Waals surface area contributed by atoms with E-state index in [9.17, 15) is 0 Å². The Morgan fingerprint density at radius 3 is 1.65 bits per heavy atom. The molecule has 2 nitrogen and oxygen atoms in total. The molecule has 1 spiro atoms. The fourth-order valence-corrected chi connectivity index (χ4v) is 13.9. The summed E-state index contributed by atoms with van der Waals surface area (Å²) in [6.07, 6.45) is 16.0. The average molecular weight is 850 g/mol. The third-order valence-electron chi connectivity index (χ3n) is 16.6. The molecular formula is C64H51NO. The van der Waals surface area contributed by atoms with Crippen molar-refractivity contribution >= 4 is 44.6 Å². The molecule has 0 radical (unpaired) electrons. The van der Waals surface area contributed by atoms with Gasteiger partial charge in [-0.2, -0.15) is 0 Å². The van der Waals surface area contributed by atoms with Gasteiger partial charge < -0.3 is 9.32 Å². The lowest BCUT2D eigenvalue weighted by Crippen LogP contribution is -2.55. The molecule has 1 heterocycles. The van der Waals surface area contributed by atoms with Gasteiger partial charge in [-0.15, -0.1) is 0 Å². The highest BCUT2D eigenvalue weighted by molar-refractivity contribution is 6.10. The molecule has 0 atom stereocenters. The Balaban J connectivity index is 0.745. The minimum Gasteiger partial charge on any atom is -0.454 e. The molecule has 0 aliphatic heterocycles. The molecule has 6 aliphatic rings. The van der Waals surface area contributed by atoms with Crippen molar-refractivity contribution in [2.24, 2.45) is 23.7 Å². The summed E-state index contributed by atoms with van der Waals surface area (Å²) in [5, 5.41) is 2.25. The van der Waals surface area contributed by atoms with Crippen LogP contribution >= 0.6 is 0 Å². The van der Waals surface area contributed by atoms with E-state index in [0.717, 1.165) is 75.5 Å². The Morgan fingerprint density at radius 2 is 1.00 bits per heavy atom. The van der Waals surface area contributed by atoms with Gasteiger partial charge in [-0.1, -0.05) is 158 Å². The summed E-state index contributed by atoms with van der Waals surface area (Å²) in [6, 6.07) is 68.0. The predicted octanol–water partition coefficient (Wildman–Crippen LogP) is 17.5. The van der Waals surface area contributed by atoms with Crippen molar-refractivity contribution in [3.63, 3.8) is 0 Å². The maximum Gasteiger partial charge on any atom is 0.159 e. The molecule has 0 amide bonds. The number of anilines is 3. The van der Waals surface area contributed by atoms with Gasteiger partial charge in [-0.25, -0.2) is 0 Å². The van der Waals surface area contributed by atoms with E-state index in [4.69, 9.17) is 4.42 Å². The van der Waals surface area contributed by atoms with E-state index in [1.54, 1.807) is 11.1 Å². The Hall–Kier alpha value is -7.16. The molecule has 318 valence electrons. The molecule has 9 aromatic rings. The van der Waals surface area contributed by atoms with Gasteiger partial charge in [-0.05, 0) is 178 Å². The van der Waals surface area contributed by atoms with Gasteiger partial charge in [0.2, 0.25) is 0 Å². The lowest BCUT2D eigenvalue weighted by atomic mass is 9.43. The number of para-hydroxylation sites is 2. The van der Waals surface area contributed by atoms with E-state index in [0.29, 0.717) is 0 Å². The smallest absolute Gasteiger partial charge is 0.159 e. The monoisotopic (exact) mass is 849 g/mol. The lowest BCUT2D eigenvalue weighted by molar-refractivity contribution is -0.0399. The lowest BCUT2D eigenvalue weighted by Gasteiger charge is -2.61. The normalized spacial score (nSPS) is 22.2. The first kappa shape index (κ1) is 38.1. The van der Waals surface area contributed by atoms with Crippen LogP contribution in [0.15, 0.2) is 205 Å². The van der Waals surface area contributed by atoms with Gasteiger partial charge in [0.15, 0.2) is 5.58 Å². The van der Waals surface area contributed by atoms with Gasteiger partial charge in [0, 0.05) is 27.6 Å². The molecule has 0 N–H and O–H groups in total. The van der Waals surface area contributed by atoms with Crippen molar-refractivity contribution in [3.05, 3.63) is 217 Å². The van der Waals surface area contributed by atoms with E-state index >= 15 is 0 Å². The van der Waals surface area contributed by atoms with Crippen LogP contribution < -0.4 is 4.90 Å². The molecule has 6 aliphatic carbocycles. The average Bonchev–Trinajstić information content (AvgIpc) is 3.91. The zero-order valence-electron chi connectivity index (χ0n) is 37.2. The number of fused-ring (bicyclic) bond motifs is 6. The second-order valence-corrected chi connectivity index (χ2v) is 20.0. The summed E-state index contributed by atoms with van der Waals surface area (Å²) in [6.45, 7) is 0. The van der Waals surface area contributed by atoms with Crippen LogP contribution in [0.2, 0.25) is 0 Å². The molecule has 15 rings (SSSR count). The number of furan rings is 1. The standard InChI is InChI=1S/C64H51NO/c1-2-9-43(10-3-1)47-25-30-53(31-26-47)65(61-15-8-13-57-56-12-5-7-16-62(56)66-63(57)61)54-32-27-48(28-33-54)46-19-17-44(18-20-46)45-21-23-49(24-22-45)50-29-34-60-58(40-50)55-11-4-6-14-59(55)64(60)51-36-41-35-42(38-51)39-52(64)37-41/h1-2,4-9,11-34,40-42,51-52H,3,10,35-39H2. The van der Waals surface area contributed by atoms with Crippen LogP contribution in [0.4, 0.5) is 17.1 Å². The van der Waals surface area contributed by atoms with Crippen molar-refractivity contribution in [3.8, 4) is 44.5 Å². The van der Waals surface area contributed by atoms with Crippen LogP contribution in [-0.2, 0) is 5.41 Å². The molecular weight excluding hydrogens is 799 g/mol. The van der Waals surface area contributed by atoms with Crippen molar-refractivity contribution in [1.29, 1.82) is 0 Å². The van der Waals surface area contributed by atoms with Crippen LogP contribution in [0.1, 0.15) is 61.6 Å².